The van der Waals surface area contributed by atoms with Crippen molar-refractivity contribution in [3.8, 4) is 5.75 Å². The van der Waals surface area contributed by atoms with Crippen LogP contribution >= 0.6 is 0 Å². The number of nitrogen functional groups attached to an aromatic ring is 1. The summed E-state index contributed by atoms with van der Waals surface area (Å²) in [5.74, 6) is 1.69. The van der Waals surface area contributed by atoms with Crippen LogP contribution in [0, 0.1) is 5.92 Å². The molecule has 5 heteroatoms. The molecule has 0 amide bonds. The number of rotatable bonds is 4. The van der Waals surface area contributed by atoms with Crippen molar-refractivity contribution in [1.29, 1.82) is 0 Å². The number of hydrogen-bond acceptors (Lipinski definition) is 4. The van der Waals surface area contributed by atoms with E-state index in [1.807, 2.05) is 12.1 Å². The van der Waals surface area contributed by atoms with Gasteiger partial charge in [0, 0.05) is 5.69 Å². The van der Waals surface area contributed by atoms with Crippen molar-refractivity contribution in [1.82, 2.24) is 0 Å². The summed E-state index contributed by atoms with van der Waals surface area (Å²) in [4.78, 5) is 0. The van der Waals surface area contributed by atoms with Gasteiger partial charge in [0.25, 0.3) is 0 Å². The van der Waals surface area contributed by atoms with Crippen LogP contribution in [0.1, 0.15) is 6.42 Å². The van der Waals surface area contributed by atoms with Crippen LogP contribution in [-0.4, -0.2) is 26.5 Å². The van der Waals surface area contributed by atoms with E-state index in [-0.39, 0.29) is 5.92 Å². The predicted molar refractivity (Wildman–Crippen MR) is 63.1 cm³/mol. The minimum Gasteiger partial charge on any atom is -0.494 e. The van der Waals surface area contributed by atoms with Crippen LogP contribution in [0.2, 0.25) is 0 Å². The molecule has 4 nitrogen and oxygen atoms in total. The summed E-state index contributed by atoms with van der Waals surface area (Å²) in [7, 11) is -2.70. The number of sulfone groups is 1. The third-order valence-electron chi connectivity index (χ3n) is 2.65. The van der Waals surface area contributed by atoms with Crippen LogP contribution in [0.15, 0.2) is 24.3 Å². The molecule has 0 radical (unpaired) electrons. The van der Waals surface area contributed by atoms with Crippen LogP contribution in [-0.2, 0) is 9.84 Å². The van der Waals surface area contributed by atoms with E-state index in [0.717, 1.165) is 12.2 Å². The third kappa shape index (κ3) is 2.88. The number of ether oxygens (including phenoxy) is 1. The molecule has 0 bridgehead atoms. The quantitative estimate of drug-likeness (QED) is 0.801. The summed E-state index contributed by atoms with van der Waals surface area (Å²) < 4.78 is 27.3. The Kier molecular flexibility index (Phi) is 3.05. The van der Waals surface area contributed by atoms with Crippen molar-refractivity contribution in [2.24, 2.45) is 5.92 Å². The van der Waals surface area contributed by atoms with Gasteiger partial charge in [0.05, 0.1) is 18.1 Å². The lowest BCUT2D eigenvalue weighted by atomic mass is 10.1. The molecule has 1 fully saturated rings. The molecule has 1 aliphatic rings. The van der Waals surface area contributed by atoms with Crippen molar-refractivity contribution in [3.63, 3.8) is 0 Å². The molecule has 0 spiro atoms. The lowest BCUT2D eigenvalue weighted by Crippen LogP contribution is -2.37. The first-order valence-corrected chi connectivity index (χ1v) is 7.06. The Labute approximate surface area is 95.3 Å². The highest BCUT2D eigenvalue weighted by Gasteiger charge is 2.32. The normalized spacial score (nSPS) is 19.0. The first-order chi connectivity index (χ1) is 7.55. The second-order valence-electron chi connectivity index (χ2n) is 4.15. The van der Waals surface area contributed by atoms with Gasteiger partial charge in [-0.1, -0.05) is 0 Å². The molecule has 1 saturated heterocycles. The minimum absolute atomic E-state index is 0.277. The number of nitrogens with two attached hydrogens (primary N) is 1. The second kappa shape index (κ2) is 4.33. The highest BCUT2D eigenvalue weighted by molar-refractivity contribution is 7.92. The molecule has 2 rings (SSSR count). The second-order valence-corrected chi connectivity index (χ2v) is 6.30. The van der Waals surface area contributed by atoms with Gasteiger partial charge in [-0.2, -0.15) is 0 Å². The van der Waals surface area contributed by atoms with Crippen molar-refractivity contribution in [3.05, 3.63) is 24.3 Å². The van der Waals surface area contributed by atoms with E-state index in [9.17, 15) is 8.42 Å². The topological polar surface area (TPSA) is 69.4 Å². The summed E-state index contributed by atoms with van der Waals surface area (Å²) in [6, 6.07) is 7.19. The molecule has 88 valence electrons. The maximum Gasteiger partial charge on any atom is 0.150 e. The Balaban J connectivity index is 1.71. The van der Waals surface area contributed by atoms with Gasteiger partial charge in [0.2, 0.25) is 0 Å². The third-order valence-corrected chi connectivity index (χ3v) is 4.61. The zero-order chi connectivity index (χ0) is 11.6. The molecule has 1 aromatic carbocycles. The molecule has 1 heterocycles. The SMILES string of the molecule is Nc1ccc(OCCC2CS(=O)(=O)C2)cc1. The highest BCUT2D eigenvalue weighted by Crippen LogP contribution is 2.22. The first kappa shape index (κ1) is 11.3. The van der Waals surface area contributed by atoms with Gasteiger partial charge in [-0.3, -0.25) is 0 Å². The average Bonchev–Trinajstić information content (AvgIpc) is 2.18. The summed E-state index contributed by atoms with van der Waals surface area (Å²) >= 11 is 0. The molecule has 16 heavy (non-hydrogen) atoms. The van der Waals surface area contributed by atoms with Gasteiger partial charge in [0.1, 0.15) is 5.75 Å². The van der Waals surface area contributed by atoms with Gasteiger partial charge in [-0.15, -0.1) is 0 Å². The highest BCUT2D eigenvalue weighted by atomic mass is 32.2. The van der Waals surface area contributed by atoms with Gasteiger partial charge >= 0.3 is 0 Å². The molecule has 0 aromatic heterocycles. The van der Waals surface area contributed by atoms with E-state index >= 15 is 0 Å². The molecule has 0 atom stereocenters. The van der Waals surface area contributed by atoms with Gasteiger partial charge in [-0.25, -0.2) is 8.42 Å². The number of anilines is 1. The fourth-order valence-electron chi connectivity index (χ4n) is 1.74. The van der Waals surface area contributed by atoms with E-state index in [4.69, 9.17) is 10.5 Å². The lowest BCUT2D eigenvalue weighted by Gasteiger charge is -2.25. The molecule has 1 aromatic rings. The van der Waals surface area contributed by atoms with Crippen LogP contribution in [0.4, 0.5) is 5.69 Å². The Morgan fingerprint density at radius 3 is 2.44 bits per heavy atom. The smallest absolute Gasteiger partial charge is 0.150 e. The van der Waals surface area contributed by atoms with E-state index in [2.05, 4.69) is 0 Å². The van der Waals surface area contributed by atoms with Crippen LogP contribution in [0.25, 0.3) is 0 Å². The zero-order valence-corrected chi connectivity index (χ0v) is 9.74. The van der Waals surface area contributed by atoms with Crippen LogP contribution in [0.3, 0.4) is 0 Å². The Morgan fingerprint density at radius 2 is 1.88 bits per heavy atom. The summed E-state index contributed by atoms with van der Waals surface area (Å²) in [5, 5.41) is 0. The van der Waals surface area contributed by atoms with Gasteiger partial charge in [0.15, 0.2) is 9.84 Å². The average molecular weight is 241 g/mol. The van der Waals surface area contributed by atoms with E-state index in [1.54, 1.807) is 12.1 Å². The summed E-state index contributed by atoms with van der Waals surface area (Å²) in [5.41, 5.74) is 6.25. The molecular formula is C11H15NO3S. The van der Waals surface area contributed by atoms with Crippen LogP contribution in [0.5, 0.6) is 5.75 Å². The standard InChI is InChI=1S/C11H15NO3S/c12-10-1-3-11(4-2-10)15-6-5-9-7-16(13,14)8-9/h1-4,9H,5-8,12H2. The Hall–Kier alpha value is -1.23. The van der Waals surface area contributed by atoms with Gasteiger partial charge < -0.3 is 10.5 Å². The molecule has 0 unspecified atom stereocenters. The molecule has 2 N–H and O–H groups in total. The van der Waals surface area contributed by atoms with E-state index in [1.165, 1.54) is 0 Å². The molecule has 0 aliphatic carbocycles. The summed E-state index contributed by atoms with van der Waals surface area (Å²) in [6.07, 6.45) is 0.795. The fourth-order valence-corrected chi connectivity index (χ4v) is 3.42. The minimum atomic E-state index is -2.70. The van der Waals surface area contributed by atoms with E-state index in [0.29, 0.717) is 23.8 Å². The fraction of sp³-hybridized carbons (Fsp3) is 0.455. The largest absolute Gasteiger partial charge is 0.494 e. The number of hydrogen-bond donors (Lipinski definition) is 1. The molecular weight excluding hydrogens is 226 g/mol. The zero-order valence-electron chi connectivity index (χ0n) is 8.93. The monoisotopic (exact) mass is 241 g/mol. The van der Waals surface area contributed by atoms with E-state index < -0.39 is 9.84 Å². The van der Waals surface area contributed by atoms with Crippen molar-refractivity contribution < 1.29 is 13.2 Å². The van der Waals surface area contributed by atoms with Crippen molar-refractivity contribution >= 4 is 15.5 Å². The van der Waals surface area contributed by atoms with Crippen molar-refractivity contribution in [2.75, 3.05) is 23.8 Å². The maximum absolute atomic E-state index is 10.9. The van der Waals surface area contributed by atoms with Crippen LogP contribution < -0.4 is 10.5 Å². The first-order valence-electron chi connectivity index (χ1n) is 5.24. The molecule has 0 saturated carbocycles. The number of benzene rings is 1. The van der Waals surface area contributed by atoms with Crippen molar-refractivity contribution in [2.45, 2.75) is 6.42 Å². The summed E-state index contributed by atoms with van der Waals surface area (Å²) in [6.45, 7) is 0.560. The molecule has 1 aliphatic heterocycles. The Morgan fingerprint density at radius 1 is 1.25 bits per heavy atom. The predicted octanol–water partition coefficient (Wildman–Crippen LogP) is 1.08. The lowest BCUT2D eigenvalue weighted by molar-refractivity contribution is 0.285. The Bertz CT molecular complexity index is 441. The van der Waals surface area contributed by atoms with Gasteiger partial charge in [-0.05, 0) is 36.6 Å². The maximum atomic E-state index is 10.9.